The molecule has 0 aliphatic rings. The van der Waals surface area contributed by atoms with Crippen LogP contribution in [-0.4, -0.2) is 36.1 Å². The number of rotatable bonds is 10. The van der Waals surface area contributed by atoms with Crippen molar-refractivity contribution in [2.45, 2.75) is 38.7 Å². The van der Waals surface area contributed by atoms with Crippen molar-refractivity contribution in [1.29, 1.82) is 0 Å². The maximum absolute atomic E-state index is 9.16. The molecule has 0 saturated carbocycles. The Hall–Kier alpha value is -1.26. The summed E-state index contributed by atoms with van der Waals surface area (Å²) in [5.41, 5.74) is 0. The van der Waals surface area contributed by atoms with Gasteiger partial charge in [0.25, 0.3) is 0 Å². The number of benzene rings is 1. The van der Waals surface area contributed by atoms with Crippen LogP contribution in [-0.2, 0) is 0 Å². The Kier molecular flexibility index (Phi) is 8.02. The molecule has 0 spiro atoms. The molecule has 1 atom stereocenters. The minimum absolute atomic E-state index is 0.0910. The Balaban J connectivity index is 2.23. The van der Waals surface area contributed by atoms with Gasteiger partial charge in [-0.25, -0.2) is 0 Å². The van der Waals surface area contributed by atoms with Gasteiger partial charge in [0, 0.05) is 0 Å². The first-order chi connectivity index (χ1) is 9.26. The highest BCUT2D eigenvalue weighted by Gasteiger charge is 2.03. The highest BCUT2D eigenvalue weighted by molar-refractivity contribution is 5.31. The van der Waals surface area contributed by atoms with Gasteiger partial charge in [-0.3, -0.25) is 0 Å². The van der Waals surface area contributed by atoms with Crippen LogP contribution in [0.15, 0.2) is 24.3 Å². The maximum atomic E-state index is 9.16. The van der Waals surface area contributed by atoms with Crippen molar-refractivity contribution >= 4 is 0 Å². The lowest BCUT2D eigenvalue weighted by Gasteiger charge is -2.10. The molecule has 4 nitrogen and oxygen atoms in total. The summed E-state index contributed by atoms with van der Waals surface area (Å²) in [6.07, 6.45) is 3.93. The topological polar surface area (TPSA) is 58.9 Å². The lowest BCUT2D eigenvalue weighted by Crippen LogP contribution is -2.21. The van der Waals surface area contributed by atoms with Crippen molar-refractivity contribution < 1.29 is 19.7 Å². The van der Waals surface area contributed by atoms with E-state index in [0.717, 1.165) is 18.8 Å². The minimum Gasteiger partial charge on any atom is -0.494 e. The smallest absolute Gasteiger partial charge is 0.119 e. The highest BCUT2D eigenvalue weighted by Crippen LogP contribution is 2.18. The molecule has 0 bridgehead atoms. The first-order valence-electron chi connectivity index (χ1n) is 6.90. The third-order valence-electron chi connectivity index (χ3n) is 2.74. The van der Waals surface area contributed by atoms with E-state index in [2.05, 4.69) is 6.92 Å². The average molecular weight is 268 g/mol. The van der Waals surface area contributed by atoms with E-state index in [1.807, 2.05) is 12.1 Å². The summed E-state index contributed by atoms with van der Waals surface area (Å²) in [4.78, 5) is 0. The molecule has 108 valence electrons. The van der Waals surface area contributed by atoms with Crippen molar-refractivity contribution in [2.24, 2.45) is 0 Å². The molecule has 0 unspecified atom stereocenters. The third-order valence-corrected chi connectivity index (χ3v) is 2.74. The quantitative estimate of drug-likeness (QED) is 0.640. The van der Waals surface area contributed by atoms with E-state index >= 15 is 0 Å². The minimum atomic E-state index is -0.838. The van der Waals surface area contributed by atoms with Gasteiger partial charge < -0.3 is 19.7 Å². The van der Waals surface area contributed by atoms with Crippen LogP contribution in [0.1, 0.15) is 32.6 Å². The van der Waals surface area contributed by atoms with Crippen LogP contribution in [0, 0.1) is 0 Å². The first-order valence-corrected chi connectivity index (χ1v) is 6.90. The summed E-state index contributed by atoms with van der Waals surface area (Å²) in [5.74, 6) is 1.48. The molecule has 4 heteroatoms. The van der Waals surface area contributed by atoms with Crippen molar-refractivity contribution in [3.8, 4) is 11.5 Å². The lowest BCUT2D eigenvalue weighted by atomic mass is 10.2. The Morgan fingerprint density at radius 3 is 2.21 bits per heavy atom. The van der Waals surface area contributed by atoms with E-state index < -0.39 is 6.10 Å². The summed E-state index contributed by atoms with van der Waals surface area (Å²) in [6.45, 7) is 2.73. The van der Waals surface area contributed by atoms with Crippen LogP contribution in [0.5, 0.6) is 11.5 Å². The largest absolute Gasteiger partial charge is 0.494 e. The molecule has 0 amide bonds. The van der Waals surface area contributed by atoms with E-state index in [-0.39, 0.29) is 13.2 Å². The molecule has 0 saturated heterocycles. The molecule has 0 heterocycles. The van der Waals surface area contributed by atoms with Gasteiger partial charge in [0.15, 0.2) is 0 Å². The molecule has 19 heavy (non-hydrogen) atoms. The van der Waals surface area contributed by atoms with Crippen LogP contribution < -0.4 is 9.47 Å². The number of hydrogen-bond donors (Lipinski definition) is 2. The SMILES string of the molecule is CCCCCCOc1ccc(OC[C@@H](O)CO)cc1. The summed E-state index contributed by atoms with van der Waals surface area (Å²) < 4.78 is 10.9. The molecule has 2 N–H and O–H groups in total. The van der Waals surface area contributed by atoms with E-state index in [4.69, 9.17) is 19.7 Å². The van der Waals surface area contributed by atoms with E-state index in [1.54, 1.807) is 12.1 Å². The fourth-order valence-electron chi connectivity index (χ4n) is 1.60. The zero-order valence-electron chi connectivity index (χ0n) is 11.5. The number of hydrogen-bond acceptors (Lipinski definition) is 4. The van der Waals surface area contributed by atoms with E-state index in [1.165, 1.54) is 19.3 Å². The number of unbranched alkanes of at least 4 members (excludes halogenated alkanes) is 3. The molecule has 1 aromatic rings. The summed E-state index contributed by atoms with van der Waals surface area (Å²) in [7, 11) is 0. The second-order valence-electron chi connectivity index (χ2n) is 4.53. The van der Waals surface area contributed by atoms with Gasteiger partial charge in [0.05, 0.1) is 13.2 Å². The van der Waals surface area contributed by atoms with Crippen molar-refractivity contribution in [1.82, 2.24) is 0 Å². The van der Waals surface area contributed by atoms with Crippen molar-refractivity contribution in [2.75, 3.05) is 19.8 Å². The van der Waals surface area contributed by atoms with Gasteiger partial charge in [-0.2, -0.15) is 0 Å². The molecule has 1 rings (SSSR count). The molecule has 1 aromatic carbocycles. The molecule has 0 aliphatic carbocycles. The molecule has 0 fully saturated rings. The van der Waals surface area contributed by atoms with Crippen molar-refractivity contribution in [3.63, 3.8) is 0 Å². The third kappa shape index (κ3) is 7.03. The van der Waals surface area contributed by atoms with Crippen LogP contribution >= 0.6 is 0 Å². The molecule has 0 radical (unpaired) electrons. The average Bonchev–Trinajstić information content (AvgIpc) is 2.45. The van der Waals surface area contributed by atoms with Gasteiger partial charge in [0.2, 0.25) is 0 Å². The zero-order chi connectivity index (χ0) is 13.9. The summed E-state index contributed by atoms with van der Waals surface area (Å²) in [5, 5.41) is 17.8. The molecule has 0 aliphatic heterocycles. The van der Waals surface area contributed by atoms with Crippen molar-refractivity contribution in [3.05, 3.63) is 24.3 Å². The Morgan fingerprint density at radius 2 is 1.63 bits per heavy atom. The molecular formula is C15H24O4. The highest BCUT2D eigenvalue weighted by atomic mass is 16.5. The Labute approximate surface area is 115 Å². The van der Waals surface area contributed by atoms with Gasteiger partial charge in [-0.15, -0.1) is 0 Å². The fraction of sp³-hybridized carbons (Fsp3) is 0.600. The number of aliphatic hydroxyl groups excluding tert-OH is 2. The van der Waals surface area contributed by atoms with Crippen LogP contribution in [0.25, 0.3) is 0 Å². The summed E-state index contributed by atoms with van der Waals surface area (Å²) in [6, 6.07) is 7.29. The molecular weight excluding hydrogens is 244 g/mol. The predicted octanol–water partition coefficient (Wildman–Crippen LogP) is 2.38. The second kappa shape index (κ2) is 9.64. The van der Waals surface area contributed by atoms with Crippen LogP contribution in [0.3, 0.4) is 0 Å². The zero-order valence-corrected chi connectivity index (χ0v) is 11.5. The standard InChI is InChI=1S/C15H24O4/c1-2-3-4-5-10-18-14-6-8-15(9-7-14)19-12-13(17)11-16/h6-9,13,16-17H,2-5,10-12H2,1H3/t13-/m0/s1. The Bertz CT molecular complexity index is 323. The number of aliphatic hydroxyl groups is 2. The van der Waals surface area contributed by atoms with E-state index in [0.29, 0.717) is 5.75 Å². The fourth-order valence-corrected chi connectivity index (χ4v) is 1.60. The maximum Gasteiger partial charge on any atom is 0.119 e. The second-order valence-corrected chi connectivity index (χ2v) is 4.53. The monoisotopic (exact) mass is 268 g/mol. The van der Waals surface area contributed by atoms with Gasteiger partial charge >= 0.3 is 0 Å². The predicted molar refractivity (Wildman–Crippen MR) is 74.7 cm³/mol. The molecule has 0 aromatic heterocycles. The van der Waals surface area contributed by atoms with Crippen LogP contribution in [0.4, 0.5) is 0 Å². The first kappa shape index (κ1) is 15.8. The number of ether oxygens (including phenoxy) is 2. The van der Waals surface area contributed by atoms with Gasteiger partial charge in [0.1, 0.15) is 24.2 Å². The normalized spacial score (nSPS) is 12.2. The summed E-state index contributed by atoms with van der Waals surface area (Å²) >= 11 is 0. The Morgan fingerprint density at radius 1 is 1.00 bits per heavy atom. The van der Waals surface area contributed by atoms with Gasteiger partial charge in [-0.05, 0) is 30.7 Å². The van der Waals surface area contributed by atoms with Crippen LogP contribution in [0.2, 0.25) is 0 Å². The van der Waals surface area contributed by atoms with E-state index in [9.17, 15) is 0 Å². The lowest BCUT2D eigenvalue weighted by molar-refractivity contribution is 0.0536. The van der Waals surface area contributed by atoms with Gasteiger partial charge in [-0.1, -0.05) is 26.2 Å².